The van der Waals surface area contributed by atoms with Crippen molar-refractivity contribution in [1.29, 1.82) is 21.0 Å². The molecule has 2 aliphatic carbocycles. The van der Waals surface area contributed by atoms with Crippen LogP contribution in [0, 0.1) is 68.6 Å². The number of nitrogens with zero attached hydrogens (tertiary/aromatic N) is 6. The number of aliphatic imine (C=N–C) groups is 2. The van der Waals surface area contributed by atoms with Crippen molar-refractivity contribution in [3.63, 3.8) is 0 Å². The number of benzene rings is 7. The van der Waals surface area contributed by atoms with Gasteiger partial charge in [0.05, 0.1) is 21.9 Å². The van der Waals surface area contributed by atoms with E-state index in [0.29, 0.717) is 57.9 Å². The molecule has 0 radical (unpaired) electrons. The summed E-state index contributed by atoms with van der Waals surface area (Å²) in [6, 6.07) is 47.5. The number of halogens is 4. The summed E-state index contributed by atoms with van der Waals surface area (Å²) in [5.74, 6) is -13.7. The summed E-state index contributed by atoms with van der Waals surface area (Å²) in [7, 11) is 0. The molecule has 0 saturated heterocycles. The van der Waals surface area contributed by atoms with E-state index in [-0.39, 0.29) is 81.5 Å². The van der Waals surface area contributed by atoms with E-state index in [0.717, 1.165) is 11.3 Å². The second-order valence-electron chi connectivity index (χ2n) is 21.8. The maximum atomic E-state index is 15.8. The monoisotopic (exact) mass is 1330 g/mol. The van der Waals surface area contributed by atoms with Crippen molar-refractivity contribution in [2.75, 3.05) is 0 Å². The number of hydrogen-bond donors (Lipinski definition) is 0. The Hall–Kier alpha value is -12.7. The van der Waals surface area contributed by atoms with Crippen LogP contribution in [0.3, 0.4) is 0 Å². The summed E-state index contributed by atoms with van der Waals surface area (Å²) >= 11 is 1.46. The standard InChI is InChI=1S/C73H38F4N6O12S2/c74-52-23-44-45(24-53(52)75)62(42(30-78)31-79)56(27-57(44)84)82-60-28-58-66(96-60)48-21-51-49(22-50(48)72(94-58,68(86)90-34-38-13-5-1-6-14-38)69(87)91-35-39-15-7-2-8-16-39)67-59(29-61(97-67)83-64-63(43(32-80)33-81)46-25-54(76)55(77)26-47(46)65(64)85)95-73(51,70(88)92-36-40-17-9-3-10-18-40)71(89)93-37-41-19-11-4-12-20-41/h1-26,28-29H,27,34-37H2/b82-56+,83-64-. The van der Waals surface area contributed by atoms with Crippen molar-refractivity contribution in [3.8, 4) is 56.7 Å². The smallest absolute Gasteiger partial charge is 0.367 e. The molecule has 24 heteroatoms. The Labute approximate surface area is 554 Å². The molecule has 4 aliphatic rings. The van der Waals surface area contributed by atoms with Crippen molar-refractivity contribution in [2.45, 2.75) is 44.1 Å². The van der Waals surface area contributed by atoms with Gasteiger partial charge < -0.3 is 28.4 Å². The molecular formula is C73H38F4N6O12S2. The number of hydrogen-bond acceptors (Lipinski definition) is 20. The van der Waals surface area contributed by atoms with Crippen LogP contribution in [0.2, 0.25) is 0 Å². The van der Waals surface area contributed by atoms with Gasteiger partial charge in [-0.2, -0.15) is 21.0 Å². The van der Waals surface area contributed by atoms with Crippen LogP contribution >= 0.6 is 22.7 Å². The van der Waals surface area contributed by atoms with Crippen LogP contribution in [-0.2, 0) is 75.8 Å². The molecule has 2 aliphatic heterocycles. The van der Waals surface area contributed by atoms with E-state index in [4.69, 9.17) is 33.4 Å². The zero-order valence-electron chi connectivity index (χ0n) is 49.6. The van der Waals surface area contributed by atoms with E-state index in [1.807, 2.05) is 0 Å². The quantitative estimate of drug-likeness (QED) is 0.0321. The van der Waals surface area contributed by atoms with Crippen molar-refractivity contribution < 1.29 is 74.8 Å². The van der Waals surface area contributed by atoms with Gasteiger partial charge in [-0.05, 0) is 64.2 Å². The van der Waals surface area contributed by atoms with Gasteiger partial charge in [0.15, 0.2) is 29.1 Å². The fraction of sp³-hybridized carbons (Fsp3) is 0.0959. The second kappa shape index (κ2) is 25.6. The van der Waals surface area contributed by atoms with E-state index < -0.39 is 131 Å². The number of carbonyl (C=O) groups is 6. The predicted octanol–water partition coefficient (Wildman–Crippen LogP) is 13.8. The summed E-state index contributed by atoms with van der Waals surface area (Å²) < 4.78 is 97.6. The summed E-state index contributed by atoms with van der Waals surface area (Å²) in [4.78, 5) is 101. The molecule has 0 saturated carbocycles. The van der Waals surface area contributed by atoms with E-state index in [1.54, 1.807) is 146 Å². The van der Waals surface area contributed by atoms with E-state index in [2.05, 4.69) is 4.99 Å². The highest BCUT2D eigenvalue weighted by Gasteiger charge is 2.62. The Morgan fingerprint density at radius 2 is 0.784 bits per heavy atom. The third-order valence-electron chi connectivity index (χ3n) is 16.0. The third kappa shape index (κ3) is 11.2. The average Bonchev–Trinajstić information content (AvgIpc) is 1.68. The van der Waals surface area contributed by atoms with Gasteiger partial charge >= 0.3 is 35.1 Å². The minimum Gasteiger partial charge on any atom is -0.458 e. The molecular weight excluding hydrogens is 1290 g/mol. The molecule has 0 bridgehead atoms. The van der Waals surface area contributed by atoms with Gasteiger partial charge in [0, 0.05) is 62.2 Å². The zero-order chi connectivity index (χ0) is 67.9. The lowest BCUT2D eigenvalue weighted by Gasteiger charge is -2.39. The first-order valence-electron chi connectivity index (χ1n) is 29.0. The molecule has 0 spiro atoms. The van der Waals surface area contributed by atoms with Gasteiger partial charge in [0.1, 0.15) is 89.1 Å². The van der Waals surface area contributed by atoms with Gasteiger partial charge in [0.25, 0.3) is 0 Å². The number of ketones is 2. The lowest BCUT2D eigenvalue weighted by Crippen LogP contribution is -2.54. The lowest BCUT2D eigenvalue weighted by molar-refractivity contribution is -0.185. The highest BCUT2D eigenvalue weighted by atomic mass is 32.1. The van der Waals surface area contributed by atoms with Crippen molar-refractivity contribution in [2.24, 2.45) is 9.98 Å². The number of allylic oxidation sites excluding steroid dienone is 4. The van der Waals surface area contributed by atoms with Crippen molar-refractivity contribution >= 4 is 90.7 Å². The third-order valence-corrected chi connectivity index (χ3v) is 18.1. The number of nitriles is 4. The first-order valence-corrected chi connectivity index (χ1v) is 30.6. The number of carbonyl (C=O) groups excluding carboxylic acids is 6. The molecule has 9 aromatic rings. The Morgan fingerprint density at radius 1 is 0.443 bits per heavy atom. The Balaban J connectivity index is 1.09. The maximum Gasteiger partial charge on any atom is 0.367 e. The topological polar surface area (TPSA) is 278 Å². The van der Waals surface area contributed by atoms with Crippen LogP contribution in [0.25, 0.3) is 32.0 Å². The molecule has 0 unspecified atom stereocenters. The van der Waals surface area contributed by atoms with E-state index in [9.17, 15) is 39.4 Å². The Morgan fingerprint density at radius 3 is 1.16 bits per heavy atom. The molecule has 472 valence electrons. The van der Waals surface area contributed by atoms with Gasteiger partial charge in [-0.1, -0.05) is 121 Å². The van der Waals surface area contributed by atoms with Gasteiger partial charge in [-0.15, -0.1) is 22.7 Å². The largest absolute Gasteiger partial charge is 0.458 e. The number of thiophene rings is 2. The average molecular weight is 1330 g/mol. The number of rotatable bonds is 14. The summed E-state index contributed by atoms with van der Waals surface area (Å²) in [6.07, 6.45) is -0.671. The number of ether oxygens (including phenoxy) is 6. The molecule has 2 aromatic heterocycles. The molecule has 97 heavy (non-hydrogen) atoms. The summed E-state index contributed by atoms with van der Waals surface area (Å²) in [6.45, 7) is -1.91. The number of Topliss-reactive ketones (excluding diaryl/α,β-unsaturated/α-hetero) is 2. The highest BCUT2D eigenvalue weighted by Crippen LogP contribution is 2.59. The second-order valence-corrected chi connectivity index (χ2v) is 23.9. The fourth-order valence-corrected chi connectivity index (χ4v) is 13.5. The number of esters is 4. The molecule has 0 atom stereocenters. The minimum atomic E-state index is -3.08. The van der Waals surface area contributed by atoms with Gasteiger partial charge in [0.2, 0.25) is 5.78 Å². The first-order chi connectivity index (χ1) is 47.0. The predicted molar refractivity (Wildman–Crippen MR) is 339 cm³/mol. The molecule has 4 heterocycles. The minimum absolute atomic E-state index is 0.0213. The van der Waals surface area contributed by atoms with E-state index in [1.165, 1.54) is 24.3 Å². The SMILES string of the molecule is N#CC(C#N)=C1/C(=N/c2cc3c(s2)-c2cc4c(cc2C(C(=O)OCc2ccccc2)(C(=O)OCc2ccccc2)O3)-c2sc(/N=C3\CC(=O)c5cc(F)c(F)cc5C3=C(C#N)C#N)cc2OC4(C(=O)OCc2ccccc2)C(=O)OCc2ccccc2)C(=O)c2cc(F)c(F)cc21. The Kier molecular flexibility index (Phi) is 16.7. The van der Waals surface area contributed by atoms with Crippen LogP contribution in [-0.4, -0.2) is 46.9 Å². The van der Waals surface area contributed by atoms with E-state index >= 15 is 28.0 Å². The normalized spacial score (nSPS) is 14.8. The molecule has 0 fully saturated rings. The first kappa shape index (κ1) is 63.0. The van der Waals surface area contributed by atoms with Crippen LogP contribution in [0.1, 0.15) is 71.6 Å². The van der Waals surface area contributed by atoms with Crippen LogP contribution in [0.15, 0.2) is 191 Å². The summed E-state index contributed by atoms with van der Waals surface area (Å²) in [5.41, 5.74) is -10.00. The molecule has 7 aromatic carbocycles. The lowest BCUT2D eigenvalue weighted by atomic mass is 9.78. The van der Waals surface area contributed by atoms with Gasteiger partial charge in [-0.3, -0.25) is 9.59 Å². The maximum absolute atomic E-state index is 15.8. The Bertz CT molecular complexity index is 5070. The molecule has 0 amide bonds. The summed E-state index contributed by atoms with van der Waals surface area (Å²) in [5, 5.41) is 40.5. The van der Waals surface area contributed by atoms with Crippen LogP contribution < -0.4 is 9.47 Å². The van der Waals surface area contributed by atoms with Crippen molar-refractivity contribution in [1.82, 2.24) is 0 Å². The molecule has 0 N–H and O–H groups in total. The van der Waals surface area contributed by atoms with Crippen LogP contribution in [0.4, 0.5) is 27.6 Å². The van der Waals surface area contributed by atoms with Crippen molar-refractivity contribution in [3.05, 3.63) is 260 Å². The molecule has 18 nitrogen and oxygen atoms in total. The molecule has 13 rings (SSSR count). The zero-order valence-corrected chi connectivity index (χ0v) is 51.2. The van der Waals surface area contributed by atoms with Gasteiger partial charge in [-0.25, -0.2) is 46.7 Å². The highest BCUT2D eigenvalue weighted by molar-refractivity contribution is 7.20. The van der Waals surface area contributed by atoms with Crippen LogP contribution in [0.5, 0.6) is 11.5 Å². The number of fused-ring (bicyclic) bond motifs is 8. The fourth-order valence-electron chi connectivity index (χ4n) is 11.5.